The highest BCUT2D eigenvalue weighted by atomic mass is 16.6. The maximum atomic E-state index is 13.1. The first-order valence-electron chi connectivity index (χ1n) is 14.8. The van der Waals surface area contributed by atoms with Crippen molar-refractivity contribution in [3.8, 4) is 0 Å². The van der Waals surface area contributed by atoms with E-state index in [0.29, 0.717) is 6.42 Å². The highest BCUT2D eigenvalue weighted by molar-refractivity contribution is 5.74. The Hall–Kier alpha value is -2.73. The SMILES string of the molecule is CCOC(=O)[C@H]1CC[C@@]2(O)[C@@H]3CC[C@]4(O)C[C@H](OC(C)=O)C[C@H](OC(C)=O)[C@]4(COC(C)=O)[C@H]3[C@H](OC(C)=O)C[C@]12C. The minimum absolute atomic E-state index is 0.000106. The standard InChI is InChI=1S/C30H44O12/c1-7-38-26(35)22-9-11-30(37)21-8-10-28(36)13-20(40-17(3)32)12-24(42-19(5)34)29(28,15-39-16(2)31)25(21)23(41-18(4)33)14-27(22,30)6/h20-25,36-37H,7-15H2,1-6H3/t20-,21-,22-,23-,24+,25-,27-,28+,29-,30-/m1/s1. The molecule has 0 bridgehead atoms. The Bertz CT molecular complexity index is 1120. The van der Waals surface area contributed by atoms with Gasteiger partial charge in [0.1, 0.15) is 24.9 Å². The second-order valence-corrected chi connectivity index (χ2v) is 12.8. The monoisotopic (exact) mass is 596 g/mol. The Kier molecular flexibility index (Phi) is 8.74. The van der Waals surface area contributed by atoms with Crippen molar-refractivity contribution in [3.05, 3.63) is 0 Å². The highest BCUT2D eigenvalue weighted by Gasteiger charge is 2.77. The minimum atomic E-state index is -1.70. The van der Waals surface area contributed by atoms with Gasteiger partial charge in [-0.25, -0.2) is 0 Å². The molecule has 236 valence electrons. The Morgan fingerprint density at radius 3 is 2.02 bits per heavy atom. The fourth-order valence-electron chi connectivity index (χ4n) is 9.23. The van der Waals surface area contributed by atoms with Gasteiger partial charge >= 0.3 is 29.8 Å². The number of ether oxygens (including phenoxy) is 5. The summed E-state index contributed by atoms with van der Waals surface area (Å²) in [5.74, 6) is -5.05. The average molecular weight is 597 g/mol. The molecule has 0 aliphatic heterocycles. The van der Waals surface area contributed by atoms with Crippen LogP contribution in [0.25, 0.3) is 0 Å². The number of aliphatic hydroxyl groups is 2. The van der Waals surface area contributed by atoms with Gasteiger partial charge in [-0.05, 0) is 44.9 Å². The van der Waals surface area contributed by atoms with Gasteiger partial charge in [0.15, 0.2) is 0 Å². The van der Waals surface area contributed by atoms with Crippen LogP contribution in [0.4, 0.5) is 0 Å². The molecular weight excluding hydrogens is 552 g/mol. The molecule has 4 rings (SSSR count). The molecular formula is C30H44O12. The Morgan fingerprint density at radius 1 is 0.810 bits per heavy atom. The Labute approximate surface area is 245 Å². The predicted molar refractivity (Wildman–Crippen MR) is 143 cm³/mol. The van der Waals surface area contributed by atoms with Crippen LogP contribution in [0.3, 0.4) is 0 Å². The summed E-state index contributed by atoms with van der Waals surface area (Å²) in [4.78, 5) is 62.3. The molecule has 4 saturated carbocycles. The van der Waals surface area contributed by atoms with Gasteiger partial charge < -0.3 is 33.9 Å². The van der Waals surface area contributed by atoms with Gasteiger partial charge in [0.2, 0.25) is 0 Å². The highest BCUT2D eigenvalue weighted by Crippen LogP contribution is 2.71. The summed E-state index contributed by atoms with van der Waals surface area (Å²) in [5, 5.41) is 25.1. The summed E-state index contributed by atoms with van der Waals surface area (Å²) >= 11 is 0. The summed E-state index contributed by atoms with van der Waals surface area (Å²) < 4.78 is 28.3. The third-order valence-corrected chi connectivity index (χ3v) is 10.6. The molecule has 4 fully saturated rings. The predicted octanol–water partition coefficient (Wildman–Crippen LogP) is 2.00. The van der Waals surface area contributed by atoms with Gasteiger partial charge in [0.25, 0.3) is 0 Å². The van der Waals surface area contributed by atoms with Crippen LogP contribution in [0.1, 0.15) is 86.5 Å². The van der Waals surface area contributed by atoms with Crippen molar-refractivity contribution < 1.29 is 57.9 Å². The summed E-state index contributed by atoms with van der Waals surface area (Å²) in [6.07, 6.45) is -1.89. The second kappa shape index (κ2) is 11.4. The van der Waals surface area contributed by atoms with Crippen molar-refractivity contribution in [1.29, 1.82) is 0 Å². The van der Waals surface area contributed by atoms with E-state index in [1.54, 1.807) is 6.92 Å². The van der Waals surface area contributed by atoms with E-state index in [0.717, 1.165) is 0 Å². The fraction of sp³-hybridized carbons (Fsp3) is 0.833. The maximum absolute atomic E-state index is 13.1. The van der Waals surface area contributed by atoms with Crippen molar-refractivity contribution in [2.75, 3.05) is 13.2 Å². The lowest BCUT2D eigenvalue weighted by molar-refractivity contribution is -0.320. The summed E-state index contributed by atoms with van der Waals surface area (Å²) in [5.41, 5.74) is -5.72. The van der Waals surface area contributed by atoms with Crippen LogP contribution in [0.5, 0.6) is 0 Å². The second-order valence-electron chi connectivity index (χ2n) is 12.8. The molecule has 0 aromatic carbocycles. The van der Waals surface area contributed by atoms with Gasteiger partial charge in [-0.3, -0.25) is 24.0 Å². The molecule has 0 amide bonds. The number of carbonyl (C=O) groups excluding carboxylic acids is 5. The van der Waals surface area contributed by atoms with Crippen molar-refractivity contribution in [2.24, 2.45) is 28.6 Å². The zero-order chi connectivity index (χ0) is 31.3. The number of fused-ring (bicyclic) bond motifs is 5. The number of rotatable bonds is 7. The molecule has 4 aliphatic rings. The summed E-state index contributed by atoms with van der Waals surface area (Å²) in [6.45, 7) is 8.24. The molecule has 10 atom stereocenters. The number of hydrogen-bond acceptors (Lipinski definition) is 12. The van der Waals surface area contributed by atoms with Gasteiger partial charge in [-0.15, -0.1) is 0 Å². The minimum Gasteiger partial charge on any atom is -0.466 e. The van der Waals surface area contributed by atoms with Gasteiger partial charge in [-0.2, -0.15) is 0 Å². The molecule has 0 radical (unpaired) electrons. The molecule has 0 heterocycles. The first-order valence-corrected chi connectivity index (χ1v) is 14.8. The molecule has 42 heavy (non-hydrogen) atoms. The van der Waals surface area contributed by atoms with E-state index >= 15 is 0 Å². The molecule has 0 spiro atoms. The van der Waals surface area contributed by atoms with E-state index < -0.39 is 94.6 Å². The third kappa shape index (κ3) is 5.08. The van der Waals surface area contributed by atoms with E-state index in [4.69, 9.17) is 23.7 Å². The van der Waals surface area contributed by atoms with Crippen LogP contribution < -0.4 is 0 Å². The quantitative estimate of drug-likeness (QED) is 0.324. The Balaban J connectivity index is 1.92. The molecule has 0 saturated heterocycles. The molecule has 0 unspecified atom stereocenters. The number of hydrogen-bond donors (Lipinski definition) is 2. The lowest BCUT2D eigenvalue weighted by Crippen LogP contribution is -2.76. The molecule has 0 aromatic rings. The smallest absolute Gasteiger partial charge is 0.309 e. The first-order chi connectivity index (χ1) is 19.5. The molecule has 12 heteroatoms. The van der Waals surface area contributed by atoms with Crippen LogP contribution >= 0.6 is 0 Å². The van der Waals surface area contributed by atoms with Gasteiger partial charge in [0, 0.05) is 51.9 Å². The van der Waals surface area contributed by atoms with Crippen LogP contribution in [0.2, 0.25) is 0 Å². The first kappa shape index (κ1) is 32.2. The topological polar surface area (TPSA) is 172 Å². The Morgan fingerprint density at radius 2 is 1.45 bits per heavy atom. The van der Waals surface area contributed by atoms with Crippen LogP contribution in [-0.2, 0) is 47.7 Å². The van der Waals surface area contributed by atoms with Crippen molar-refractivity contribution in [1.82, 2.24) is 0 Å². The van der Waals surface area contributed by atoms with Crippen LogP contribution in [0, 0.1) is 28.6 Å². The molecule has 12 nitrogen and oxygen atoms in total. The summed E-state index contributed by atoms with van der Waals surface area (Å²) in [7, 11) is 0. The van der Waals surface area contributed by atoms with Gasteiger partial charge in [0.05, 0.1) is 29.1 Å². The van der Waals surface area contributed by atoms with E-state index in [1.165, 1.54) is 27.7 Å². The van der Waals surface area contributed by atoms with E-state index in [9.17, 15) is 34.2 Å². The molecule has 2 N–H and O–H groups in total. The lowest BCUT2D eigenvalue weighted by atomic mass is 9.40. The fourth-order valence-corrected chi connectivity index (χ4v) is 9.23. The lowest BCUT2D eigenvalue weighted by Gasteiger charge is -2.68. The molecule has 4 aliphatic carbocycles. The van der Waals surface area contributed by atoms with Crippen LogP contribution in [0.15, 0.2) is 0 Å². The largest absolute Gasteiger partial charge is 0.466 e. The number of esters is 5. The van der Waals surface area contributed by atoms with E-state index in [2.05, 4.69) is 0 Å². The zero-order valence-electron chi connectivity index (χ0n) is 25.3. The zero-order valence-corrected chi connectivity index (χ0v) is 25.3. The van der Waals surface area contributed by atoms with Crippen molar-refractivity contribution >= 4 is 29.8 Å². The molecule has 0 aromatic heterocycles. The third-order valence-electron chi connectivity index (χ3n) is 10.6. The van der Waals surface area contributed by atoms with E-state index in [1.807, 2.05) is 6.92 Å². The average Bonchev–Trinajstić information content (AvgIpc) is 3.12. The van der Waals surface area contributed by atoms with Crippen molar-refractivity contribution in [2.45, 2.75) is 116 Å². The summed E-state index contributed by atoms with van der Waals surface area (Å²) in [6, 6.07) is 0. The maximum Gasteiger partial charge on any atom is 0.309 e. The normalized spacial score (nSPS) is 42.2. The number of carbonyl (C=O) groups is 5. The van der Waals surface area contributed by atoms with Gasteiger partial charge in [-0.1, -0.05) is 6.92 Å². The van der Waals surface area contributed by atoms with Crippen LogP contribution in [-0.4, -0.2) is 82.8 Å². The van der Waals surface area contributed by atoms with E-state index in [-0.39, 0.29) is 45.1 Å². The van der Waals surface area contributed by atoms with Crippen molar-refractivity contribution in [3.63, 3.8) is 0 Å².